The van der Waals surface area contributed by atoms with Gasteiger partial charge in [-0.05, 0) is 19.8 Å². The largest absolute Gasteiger partial charge is 0.483 e. The Hall–Kier alpha value is -2.48. The topological polar surface area (TPSA) is 93.4 Å². The van der Waals surface area contributed by atoms with Gasteiger partial charge < -0.3 is 14.7 Å². The second-order valence-electron chi connectivity index (χ2n) is 8.40. The number of nitrogens with zero attached hydrogens (tertiary/aromatic N) is 5. The SMILES string of the molecule is CCn1cc2c(n1)C(O)CC1(CCN(C(=O)c3cnc(C)nc3C(C)C)CC1)O2. The van der Waals surface area contributed by atoms with Crippen LogP contribution >= 0.6 is 0 Å². The summed E-state index contributed by atoms with van der Waals surface area (Å²) in [6, 6.07) is 0. The van der Waals surface area contributed by atoms with Gasteiger partial charge in [0.25, 0.3) is 5.91 Å². The number of fused-ring (bicyclic) bond motifs is 1. The fourth-order valence-electron chi connectivity index (χ4n) is 4.30. The molecule has 4 heterocycles. The Morgan fingerprint density at radius 2 is 2.10 bits per heavy atom. The van der Waals surface area contributed by atoms with Gasteiger partial charge in [-0.2, -0.15) is 5.10 Å². The first-order valence-electron chi connectivity index (χ1n) is 10.4. The molecule has 0 aromatic carbocycles. The van der Waals surface area contributed by atoms with Gasteiger partial charge in [-0.25, -0.2) is 9.97 Å². The third kappa shape index (κ3) is 3.61. The van der Waals surface area contributed by atoms with Crippen LogP contribution in [-0.4, -0.2) is 54.4 Å². The average molecular weight is 399 g/mol. The number of hydrogen-bond donors (Lipinski definition) is 1. The highest BCUT2D eigenvalue weighted by atomic mass is 16.5. The Balaban J connectivity index is 1.49. The zero-order valence-electron chi connectivity index (χ0n) is 17.6. The lowest BCUT2D eigenvalue weighted by Gasteiger charge is -2.44. The van der Waals surface area contributed by atoms with Gasteiger partial charge in [0.2, 0.25) is 0 Å². The molecule has 0 bridgehead atoms. The lowest BCUT2D eigenvalue weighted by atomic mass is 9.83. The van der Waals surface area contributed by atoms with Crippen LogP contribution in [0.25, 0.3) is 0 Å². The first kappa shape index (κ1) is 19.8. The maximum Gasteiger partial charge on any atom is 0.257 e. The van der Waals surface area contributed by atoms with E-state index in [1.54, 1.807) is 10.9 Å². The van der Waals surface area contributed by atoms with E-state index in [1.165, 1.54) is 0 Å². The summed E-state index contributed by atoms with van der Waals surface area (Å²) in [4.78, 5) is 23.7. The number of ether oxygens (including phenoxy) is 1. The van der Waals surface area contributed by atoms with Crippen LogP contribution in [0.2, 0.25) is 0 Å². The van der Waals surface area contributed by atoms with Crippen molar-refractivity contribution in [2.45, 2.75) is 71.1 Å². The zero-order valence-corrected chi connectivity index (χ0v) is 17.6. The van der Waals surface area contributed by atoms with E-state index in [4.69, 9.17) is 4.74 Å². The molecule has 1 spiro atoms. The summed E-state index contributed by atoms with van der Waals surface area (Å²) in [6.07, 6.45) is 4.73. The fourth-order valence-corrected chi connectivity index (χ4v) is 4.30. The number of likely N-dealkylation sites (tertiary alicyclic amines) is 1. The minimum atomic E-state index is -0.633. The molecule has 0 radical (unpaired) electrons. The molecular formula is C21H29N5O3. The van der Waals surface area contributed by atoms with E-state index in [0.717, 1.165) is 12.2 Å². The van der Waals surface area contributed by atoms with Crippen LogP contribution in [0, 0.1) is 6.92 Å². The molecule has 2 aromatic heterocycles. The van der Waals surface area contributed by atoms with Crippen LogP contribution in [0.3, 0.4) is 0 Å². The predicted molar refractivity (Wildman–Crippen MR) is 107 cm³/mol. The highest BCUT2D eigenvalue weighted by Crippen LogP contribution is 2.43. The van der Waals surface area contributed by atoms with Crippen molar-refractivity contribution in [1.82, 2.24) is 24.6 Å². The van der Waals surface area contributed by atoms with Crippen molar-refractivity contribution < 1.29 is 14.6 Å². The van der Waals surface area contributed by atoms with Gasteiger partial charge in [0.1, 0.15) is 23.2 Å². The summed E-state index contributed by atoms with van der Waals surface area (Å²) < 4.78 is 8.11. The van der Waals surface area contributed by atoms with Crippen molar-refractivity contribution in [3.8, 4) is 5.75 Å². The van der Waals surface area contributed by atoms with E-state index >= 15 is 0 Å². The molecule has 1 amide bonds. The smallest absolute Gasteiger partial charge is 0.257 e. The van der Waals surface area contributed by atoms with Gasteiger partial charge in [-0.3, -0.25) is 9.48 Å². The van der Waals surface area contributed by atoms with Crippen molar-refractivity contribution in [1.29, 1.82) is 0 Å². The number of aliphatic hydroxyl groups excluding tert-OH is 1. The number of aryl methyl sites for hydroxylation is 2. The standard InChI is InChI=1S/C21H29N5O3/c1-5-26-12-17-19(24-26)16(27)10-21(29-17)6-8-25(9-7-21)20(28)15-11-22-14(4)23-18(15)13(2)3/h11-13,16,27H,5-10H2,1-4H3. The molecular weight excluding hydrogens is 370 g/mol. The molecule has 8 heteroatoms. The molecule has 2 aliphatic rings. The summed E-state index contributed by atoms with van der Waals surface area (Å²) in [5, 5.41) is 15.0. The molecule has 1 N–H and O–H groups in total. The summed E-state index contributed by atoms with van der Waals surface area (Å²) >= 11 is 0. The van der Waals surface area contributed by atoms with Crippen molar-refractivity contribution >= 4 is 5.91 Å². The van der Waals surface area contributed by atoms with E-state index in [2.05, 4.69) is 15.1 Å². The quantitative estimate of drug-likeness (QED) is 0.853. The first-order chi connectivity index (χ1) is 13.8. The van der Waals surface area contributed by atoms with Gasteiger partial charge in [0.05, 0.1) is 17.5 Å². The lowest BCUT2D eigenvalue weighted by molar-refractivity contribution is -0.0504. The summed E-state index contributed by atoms with van der Waals surface area (Å²) in [5.41, 5.74) is 1.55. The van der Waals surface area contributed by atoms with Crippen molar-refractivity contribution in [2.24, 2.45) is 0 Å². The maximum absolute atomic E-state index is 13.2. The molecule has 156 valence electrons. The normalized spacial score (nSPS) is 20.6. The Bertz CT molecular complexity index is 915. The third-order valence-corrected chi connectivity index (χ3v) is 5.96. The molecule has 2 aromatic rings. The Kier molecular flexibility index (Phi) is 5.06. The van der Waals surface area contributed by atoms with Crippen LogP contribution in [0.5, 0.6) is 5.75 Å². The minimum Gasteiger partial charge on any atom is -0.483 e. The maximum atomic E-state index is 13.2. The Labute approximate surface area is 170 Å². The van der Waals surface area contributed by atoms with Gasteiger partial charge >= 0.3 is 0 Å². The monoisotopic (exact) mass is 399 g/mol. The van der Waals surface area contributed by atoms with Crippen LogP contribution in [0.4, 0.5) is 0 Å². The highest BCUT2D eigenvalue weighted by molar-refractivity contribution is 5.95. The molecule has 1 unspecified atom stereocenters. The predicted octanol–water partition coefficient (Wildman–Crippen LogP) is 2.62. The van der Waals surface area contributed by atoms with E-state index < -0.39 is 11.7 Å². The van der Waals surface area contributed by atoms with E-state index in [0.29, 0.717) is 55.2 Å². The first-order valence-corrected chi connectivity index (χ1v) is 10.4. The number of aromatic nitrogens is 4. The molecule has 0 aliphatic carbocycles. The Morgan fingerprint density at radius 1 is 1.38 bits per heavy atom. The summed E-state index contributed by atoms with van der Waals surface area (Å²) in [7, 11) is 0. The molecule has 0 saturated carbocycles. The van der Waals surface area contributed by atoms with Gasteiger partial charge in [0, 0.05) is 45.1 Å². The number of piperidine rings is 1. The second-order valence-corrected chi connectivity index (χ2v) is 8.40. The van der Waals surface area contributed by atoms with Crippen LogP contribution in [-0.2, 0) is 6.54 Å². The minimum absolute atomic E-state index is 0.0283. The lowest BCUT2D eigenvalue weighted by Crippen LogP contribution is -2.51. The number of carbonyl (C=O) groups is 1. The zero-order chi connectivity index (χ0) is 20.8. The molecule has 8 nitrogen and oxygen atoms in total. The third-order valence-electron chi connectivity index (χ3n) is 5.96. The molecule has 1 fully saturated rings. The Morgan fingerprint density at radius 3 is 2.76 bits per heavy atom. The fraction of sp³-hybridized carbons (Fsp3) is 0.619. The number of hydrogen-bond acceptors (Lipinski definition) is 6. The number of aliphatic hydroxyl groups is 1. The number of rotatable bonds is 3. The summed E-state index contributed by atoms with van der Waals surface area (Å²) in [5.74, 6) is 1.46. The molecule has 1 atom stereocenters. The molecule has 29 heavy (non-hydrogen) atoms. The van der Waals surface area contributed by atoms with Gasteiger partial charge in [-0.1, -0.05) is 13.8 Å². The second kappa shape index (κ2) is 7.40. The van der Waals surface area contributed by atoms with Crippen LogP contribution in [0.1, 0.15) is 79.6 Å². The molecule has 4 rings (SSSR count). The number of amides is 1. The van der Waals surface area contributed by atoms with Crippen molar-refractivity contribution in [2.75, 3.05) is 13.1 Å². The van der Waals surface area contributed by atoms with Crippen LogP contribution in [0.15, 0.2) is 12.4 Å². The highest BCUT2D eigenvalue weighted by Gasteiger charge is 2.45. The van der Waals surface area contributed by atoms with Gasteiger partial charge in [0.15, 0.2) is 5.75 Å². The van der Waals surface area contributed by atoms with Crippen molar-refractivity contribution in [3.05, 3.63) is 35.2 Å². The van der Waals surface area contributed by atoms with E-state index in [1.807, 2.05) is 38.8 Å². The van der Waals surface area contributed by atoms with E-state index in [9.17, 15) is 9.90 Å². The number of carbonyl (C=O) groups excluding carboxylic acids is 1. The summed E-state index contributed by atoms with van der Waals surface area (Å²) in [6.45, 7) is 9.80. The van der Waals surface area contributed by atoms with Crippen molar-refractivity contribution in [3.63, 3.8) is 0 Å². The van der Waals surface area contributed by atoms with Crippen LogP contribution < -0.4 is 4.74 Å². The molecule has 1 saturated heterocycles. The average Bonchev–Trinajstić information content (AvgIpc) is 3.11. The molecule has 2 aliphatic heterocycles. The van der Waals surface area contributed by atoms with Gasteiger partial charge in [-0.15, -0.1) is 0 Å². The van der Waals surface area contributed by atoms with E-state index in [-0.39, 0.29) is 11.8 Å².